The number of nitrogens with zero attached hydrogens (tertiary/aromatic N) is 1. The number of rotatable bonds is 5. The van der Waals surface area contributed by atoms with Crippen molar-refractivity contribution >= 4 is 15.7 Å². The van der Waals surface area contributed by atoms with Crippen LogP contribution >= 0.6 is 0 Å². The lowest BCUT2D eigenvalue weighted by Crippen LogP contribution is -2.30. The molecular formula is C15H15F2NO3S. The molecule has 0 fully saturated rings. The summed E-state index contributed by atoms with van der Waals surface area (Å²) in [4.78, 5) is 0.0416. The minimum atomic E-state index is -3.87. The second-order valence-corrected chi connectivity index (χ2v) is 6.31. The van der Waals surface area contributed by atoms with Gasteiger partial charge in [0.15, 0.2) is 11.6 Å². The first-order valence-electron chi connectivity index (χ1n) is 6.52. The molecule has 0 aliphatic heterocycles. The van der Waals surface area contributed by atoms with Crippen molar-refractivity contribution in [2.24, 2.45) is 0 Å². The van der Waals surface area contributed by atoms with E-state index in [-0.39, 0.29) is 17.1 Å². The van der Waals surface area contributed by atoms with Crippen molar-refractivity contribution in [2.45, 2.75) is 11.8 Å². The van der Waals surface area contributed by atoms with Crippen LogP contribution < -0.4 is 9.04 Å². The topological polar surface area (TPSA) is 46.6 Å². The van der Waals surface area contributed by atoms with Crippen molar-refractivity contribution in [3.8, 4) is 5.75 Å². The molecule has 118 valence electrons. The van der Waals surface area contributed by atoms with Gasteiger partial charge in [-0.05, 0) is 43.3 Å². The van der Waals surface area contributed by atoms with Crippen molar-refractivity contribution in [3.05, 3.63) is 54.1 Å². The predicted octanol–water partition coefficient (Wildman–Crippen LogP) is 3.19. The van der Waals surface area contributed by atoms with E-state index in [1.165, 1.54) is 37.4 Å². The summed E-state index contributed by atoms with van der Waals surface area (Å²) in [5, 5.41) is 0. The maximum atomic E-state index is 13.4. The third kappa shape index (κ3) is 3.04. The van der Waals surface area contributed by atoms with Gasteiger partial charge >= 0.3 is 0 Å². The summed E-state index contributed by atoms with van der Waals surface area (Å²) in [5.74, 6) is -1.60. The molecule has 0 saturated heterocycles. The van der Waals surface area contributed by atoms with E-state index in [0.717, 1.165) is 16.4 Å². The van der Waals surface area contributed by atoms with Gasteiger partial charge in [-0.25, -0.2) is 17.2 Å². The predicted molar refractivity (Wildman–Crippen MR) is 79.6 cm³/mol. The average Bonchev–Trinajstić information content (AvgIpc) is 2.51. The van der Waals surface area contributed by atoms with Crippen LogP contribution in [0.2, 0.25) is 0 Å². The quantitative estimate of drug-likeness (QED) is 0.847. The van der Waals surface area contributed by atoms with Crippen LogP contribution in [0.5, 0.6) is 5.75 Å². The zero-order valence-electron chi connectivity index (χ0n) is 12.1. The van der Waals surface area contributed by atoms with E-state index in [0.29, 0.717) is 5.75 Å². The molecule has 0 amide bonds. The van der Waals surface area contributed by atoms with Crippen LogP contribution in [0.4, 0.5) is 14.5 Å². The highest BCUT2D eigenvalue weighted by Gasteiger charge is 2.24. The highest BCUT2D eigenvalue weighted by Crippen LogP contribution is 2.26. The minimum Gasteiger partial charge on any atom is -0.497 e. The van der Waals surface area contributed by atoms with Crippen LogP contribution in [0.15, 0.2) is 47.4 Å². The summed E-state index contributed by atoms with van der Waals surface area (Å²) in [6.07, 6.45) is 0. The van der Waals surface area contributed by atoms with Gasteiger partial charge in [-0.3, -0.25) is 4.31 Å². The summed E-state index contributed by atoms with van der Waals surface area (Å²) in [5.41, 5.74) is 0.0669. The van der Waals surface area contributed by atoms with Crippen LogP contribution in [0.1, 0.15) is 6.92 Å². The van der Waals surface area contributed by atoms with Gasteiger partial charge in [0.05, 0.1) is 17.7 Å². The van der Waals surface area contributed by atoms with Crippen molar-refractivity contribution in [3.63, 3.8) is 0 Å². The van der Waals surface area contributed by atoms with E-state index in [1.54, 1.807) is 6.92 Å². The Balaban J connectivity index is 2.45. The van der Waals surface area contributed by atoms with Gasteiger partial charge in [-0.15, -0.1) is 0 Å². The van der Waals surface area contributed by atoms with Crippen molar-refractivity contribution in [1.29, 1.82) is 0 Å². The van der Waals surface area contributed by atoms with Crippen molar-refractivity contribution in [1.82, 2.24) is 0 Å². The molecule has 4 nitrogen and oxygen atoms in total. The molecular weight excluding hydrogens is 312 g/mol. The summed E-state index contributed by atoms with van der Waals surface area (Å²) in [6, 6.07) is 8.82. The number of ether oxygens (including phenoxy) is 1. The molecule has 0 atom stereocenters. The Bertz CT molecular complexity index is 761. The van der Waals surface area contributed by atoms with Crippen LogP contribution in [-0.4, -0.2) is 22.1 Å². The Morgan fingerprint density at radius 1 is 1.05 bits per heavy atom. The van der Waals surface area contributed by atoms with Gasteiger partial charge in [0, 0.05) is 12.6 Å². The number of halogens is 2. The monoisotopic (exact) mass is 327 g/mol. The summed E-state index contributed by atoms with van der Waals surface area (Å²) >= 11 is 0. The molecule has 7 heteroatoms. The van der Waals surface area contributed by atoms with Gasteiger partial charge < -0.3 is 4.74 Å². The summed E-state index contributed by atoms with van der Waals surface area (Å²) < 4.78 is 57.6. The Hall–Kier alpha value is -2.15. The highest BCUT2D eigenvalue weighted by atomic mass is 32.2. The first-order valence-corrected chi connectivity index (χ1v) is 7.96. The lowest BCUT2D eigenvalue weighted by Gasteiger charge is -2.23. The number of methoxy groups -OCH3 is 1. The van der Waals surface area contributed by atoms with E-state index in [4.69, 9.17) is 4.74 Å². The molecule has 2 aromatic carbocycles. The van der Waals surface area contributed by atoms with Crippen LogP contribution in [0, 0.1) is 11.6 Å². The van der Waals surface area contributed by atoms with E-state index in [1.807, 2.05) is 0 Å². The SMILES string of the molecule is CCN(c1ccc(F)c(F)c1)S(=O)(=O)c1ccc(OC)cc1. The van der Waals surface area contributed by atoms with Gasteiger partial charge in [0.25, 0.3) is 10.0 Å². The molecule has 0 aliphatic carbocycles. The Labute approximate surface area is 128 Å². The zero-order valence-corrected chi connectivity index (χ0v) is 12.9. The molecule has 22 heavy (non-hydrogen) atoms. The van der Waals surface area contributed by atoms with Crippen molar-refractivity contribution < 1.29 is 21.9 Å². The molecule has 0 N–H and O–H groups in total. The first-order chi connectivity index (χ1) is 10.4. The minimum absolute atomic E-state index is 0.0416. The van der Waals surface area contributed by atoms with Crippen molar-refractivity contribution in [2.75, 3.05) is 18.0 Å². The fraction of sp³-hybridized carbons (Fsp3) is 0.200. The Kier molecular flexibility index (Phi) is 4.65. The largest absolute Gasteiger partial charge is 0.497 e. The third-order valence-corrected chi connectivity index (χ3v) is 5.04. The molecule has 0 saturated carbocycles. The Morgan fingerprint density at radius 3 is 2.18 bits per heavy atom. The summed E-state index contributed by atoms with van der Waals surface area (Å²) in [6.45, 7) is 1.70. The van der Waals surface area contributed by atoms with Crippen LogP contribution in [0.25, 0.3) is 0 Å². The van der Waals surface area contributed by atoms with Gasteiger partial charge in [-0.2, -0.15) is 0 Å². The second-order valence-electron chi connectivity index (χ2n) is 4.44. The summed E-state index contributed by atoms with van der Waals surface area (Å²) in [7, 11) is -2.39. The van der Waals surface area contributed by atoms with E-state index >= 15 is 0 Å². The second kappa shape index (κ2) is 6.31. The first kappa shape index (κ1) is 16.2. The maximum absolute atomic E-state index is 13.4. The molecule has 0 heterocycles. The molecule has 0 radical (unpaired) electrons. The maximum Gasteiger partial charge on any atom is 0.264 e. The normalized spacial score (nSPS) is 11.3. The average molecular weight is 327 g/mol. The molecule has 0 bridgehead atoms. The molecule has 0 aliphatic rings. The molecule has 0 spiro atoms. The van der Waals surface area contributed by atoms with Gasteiger partial charge in [-0.1, -0.05) is 0 Å². The van der Waals surface area contributed by atoms with E-state index in [9.17, 15) is 17.2 Å². The lowest BCUT2D eigenvalue weighted by molar-refractivity contribution is 0.414. The Morgan fingerprint density at radius 2 is 1.68 bits per heavy atom. The van der Waals surface area contributed by atoms with Crippen LogP contribution in [0.3, 0.4) is 0 Å². The number of benzene rings is 2. The van der Waals surface area contributed by atoms with E-state index in [2.05, 4.69) is 0 Å². The number of sulfonamides is 1. The number of anilines is 1. The standard InChI is InChI=1S/C15H15F2NO3S/c1-3-18(11-4-9-14(16)15(17)10-11)22(19,20)13-7-5-12(21-2)6-8-13/h4-10H,3H2,1-2H3. The number of hydrogen-bond acceptors (Lipinski definition) is 3. The molecule has 0 aromatic heterocycles. The molecule has 2 rings (SSSR count). The fourth-order valence-corrected chi connectivity index (χ4v) is 3.47. The molecule has 2 aromatic rings. The van der Waals surface area contributed by atoms with Crippen LogP contribution in [-0.2, 0) is 10.0 Å². The smallest absolute Gasteiger partial charge is 0.264 e. The molecule has 0 unspecified atom stereocenters. The van der Waals surface area contributed by atoms with E-state index < -0.39 is 21.7 Å². The lowest BCUT2D eigenvalue weighted by atomic mass is 10.3. The fourth-order valence-electron chi connectivity index (χ4n) is 2.01. The zero-order chi connectivity index (χ0) is 16.3. The highest BCUT2D eigenvalue weighted by molar-refractivity contribution is 7.92. The third-order valence-electron chi connectivity index (χ3n) is 3.13. The number of hydrogen-bond donors (Lipinski definition) is 0. The van der Waals surface area contributed by atoms with Gasteiger partial charge in [0.2, 0.25) is 0 Å². The van der Waals surface area contributed by atoms with Gasteiger partial charge in [0.1, 0.15) is 5.75 Å².